The van der Waals surface area contributed by atoms with Crippen molar-refractivity contribution in [3.8, 4) is 11.8 Å². The predicted octanol–water partition coefficient (Wildman–Crippen LogP) is 2.73. The molecule has 0 radical (unpaired) electrons. The van der Waals surface area contributed by atoms with E-state index in [4.69, 9.17) is 15.7 Å². The van der Waals surface area contributed by atoms with E-state index in [0.717, 1.165) is 22.7 Å². The molecule has 0 spiro atoms. The van der Waals surface area contributed by atoms with Crippen molar-refractivity contribution < 1.29 is 4.74 Å². The van der Waals surface area contributed by atoms with Crippen LogP contribution in [0, 0.1) is 18.3 Å². The van der Waals surface area contributed by atoms with E-state index in [9.17, 15) is 0 Å². The number of hydrogen-bond donors (Lipinski definition) is 1. The van der Waals surface area contributed by atoms with Crippen molar-refractivity contribution in [2.75, 3.05) is 0 Å². The third kappa shape index (κ3) is 4.04. The molecule has 1 aromatic heterocycles. The number of nitriles is 1. The Labute approximate surface area is 125 Å². The van der Waals surface area contributed by atoms with Crippen molar-refractivity contribution in [3.63, 3.8) is 0 Å². The van der Waals surface area contributed by atoms with Crippen LogP contribution in [0.2, 0.25) is 0 Å². The van der Waals surface area contributed by atoms with Crippen LogP contribution >= 0.6 is 0 Å². The molecule has 4 heteroatoms. The highest BCUT2D eigenvalue weighted by Crippen LogP contribution is 2.20. The standard InChI is InChI=1S/C17H19N3O/c1-12(19)9-16-17(8-7-13(2)20-16)21-11-15-6-4-3-5-14(15)10-18/h3-8,12H,9,11,19H2,1-2H3. The van der Waals surface area contributed by atoms with Crippen LogP contribution in [0.4, 0.5) is 0 Å². The molecule has 0 bridgehead atoms. The molecule has 4 nitrogen and oxygen atoms in total. The highest BCUT2D eigenvalue weighted by Gasteiger charge is 2.10. The molecule has 2 aromatic rings. The first kappa shape index (κ1) is 15.0. The van der Waals surface area contributed by atoms with Crippen molar-refractivity contribution in [1.82, 2.24) is 4.98 Å². The lowest BCUT2D eigenvalue weighted by Crippen LogP contribution is -2.19. The fourth-order valence-corrected chi connectivity index (χ4v) is 2.09. The van der Waals surface area contributed by atoms with Crippen molar-refractivity contribution in [2.24, 2.45) is 5.73 Å². The Bertz CT molecular complexity index is 659. The molecule has 0 aliphatic rings. The number of hydrogen-bond acceptors (Lipinski definition) is 4. The first-order valence-corrected chi connectivity index (χ1v) is 6.93. The highest BCUT2D eigenvalue weighted by molar-refractivity contribution is 5.37. The van der Waals surface area contributed by atoms with Gasteiger partial charge in [0.25, 0.3) is 0 Å². The Kier molecular flexibility index (Phi) is 4.91. The molecule has 21 heavy (non-hydrogen) atoms. The van der Waals surface area contributed by atoms with Gasteiger partial charge in [0.15, 0.2) is 0 Å². The van der Waals surface area contributed by atoms with Crippen molar-refractivity contribution in [2.45, 2.75) is 32.9 Å². The van der Waals surface area contributed by atoms with Crippen molar-refractivity contribution in [3.05, 3.63) is 58.9 Å². The molecular formula is C17H19N3O. The van der Waals surface area contributed by atoms with Gasteiger partial charge in [0, 0.05) is 23.7 Å². The molecule has 1 unspecified atom stereocenters. The average molecular weight is 281 g/mol. The summed E-state index contributed by atoms with van der Waals surface area (Å²) < 4.78 is 5.85. The van der Waals surface area contributed by atoms with Crippen molar-refractivity contribution in [1.29, 1.82) is 5.26 Å². The maximum Gasteiger partial charge on any atom is 0.141 e. The molecule has 108 valence electrons. The molecule has 1 heterocycles. The average Bonchev–Trinajstić information content (AvgIpc) is 2.46. The molecular weight excluding hydrogens is 262 g/mol. The molecule has 0 saturated carbocycles. The Morgan fingerprint density at radius 1 is 1.29 bits per heavy atom. The summed E-state index contributed by atoms with van der Waals surface area (Å²) in [5, 5.41) is 9.09. The van der Waals surface area contributed by atoms with Crippen LogP contribution in [0.15, 0.2) is 36.4 Å². The fourth-order valence-electron chi connectivity index (χ4n) is 2.09. The van der Waals surface area contributed by atoms with Gasteiger partial charge in [-0.05, 0) is 32.0 Å². The normalized spacial score (nSPS) is 11.7. The van der Waals surface area contributed by atoms with Gasteiger partial charge in [0.05, 0.1) is 17.3 Å². The van der Waals surface area contributed by atoms with E-state index in [1.807, 2.05) is 44.2 Å². The lowest BCUT2D eigenvalue weighted by atomic mass is 10.1. The molecule has 0 fully saturated rings. The third-order valence-corrected chi connectivity index (χ3v) is 3.11. The topological polar surface area (TPSA) is 71.9 Å². The van der Waals surface area contributed by atoms with Gasteiger partial charge in [-0.1, -0.05) is 18.2 Å². The Hall–Kier alpha value is -2.38. The smallest absolute Gasteiger partial charge is 0.141 e. The van der Waals surface area contributed by atoms with Crippen LogP contribution in [0.25, 0.3) is 0 Å². The Morgan fingerprint density at radius 2 is 2.05 bits per heavy atom. The summed E-state index contributed by atoms with van der Waals surface area (Å²) in [5.41, 5.74) is 9.16. The van der Waals surface area contributed by atoms with Crippen LogP contribution in [-0.2, 0) is 13.0 Å². The SMILES string of the molecule is Cc1ccc(OCc2ccccc2C#N)c(CC(C)N)n1. The molecule has 2 N–H and O–H groups in total. The molecule has 1 atom stereocenters. The van der Waals surface area contributed by atoms with Gasteiger partial charge >= 0.3 is 0 Å². The van der Waals surface area contributed by atoms with Gasteiger partial charge in [0.2, 0.25) is 0 Å². The second-order valence-corrected chi connectivity index (χ2v) is 5.14. The second kappa shape index (κ2) is 6.87. The van der Waals surface area contributed by atoms with E-state index in [-0.39, 0.29) is 6.04 Å². The van der Waals surface area contributed by atoms with Crippen molar-refractivity contribution >= 4 is 0 Å². The maximum absolute atomic E-state index is 9.09. The third-order valence-electron chi connectivity index (χ3n) is 3.11. The monoisotopic (exact) mass is 281 g/mol. The summed E-state index contributed by atoms with van der Waals surface area (Å²) >= 11 is 0. The summed E-state index contributed by atoms with van der Waals surface area (Å²) in [5.74, 6) is 0.727. The van der Waals surface area contributed by atoms with Crippen LogP contribution in [-0.4, -0.2) is 11.0 Å². The van der Waals surface area contributed by atoms with Gasteiger partial charge in [0.1, 0.15) is 12.4 Å². The van der Waals surface area contributed by atoms with Gasteiger partial charge in [-0.3, -0.25) is 4.98 Å². The fraction of sp³-hybridized carbons (Fsp3) is 0.294. The molecule has 0 saturated heterocycles. The summed E-state index contributed by atoms with van der Waals surface area (Å²) in [6.07, 6.45) is 0.664. The number of rotatable bonds is 5. The first-order chi connectivity index (χ1) is 10.1. The first-order valence-electron chi connectivity index (χ1n) is 6.93. The number of ether oxygens (including phenoxy) is 1. The van der Waals surface area contributed by atoms with Crippen LogP contribution in [0.1, 0.15) is 29.4 Å². The van der Waals surface area contributed by atoms with Gasteiger partial charge in [-0.2, -0.15) is 5.26 Å². The van der Waals surface area contributed by atoms with E-state index in [2.05, 4.69) is 11.1 Å². The number of benzene rings is 1. The van der Waals surface area contributed by atoms with Crippen LogP contribution < -0.4 is 10.5 Å². The minimum absolute atomic E-state index is 0.0213. The van der Waals surface area contributed by atoms with Crippen LogP contribution in [0.3, 0.4) is 0 Å². The number of nitrogens with zero attached hydrogens (tertiary/aromatic N) is 2. The molecule has 0 aliphatic heterocycles. The van der Waals surface area contributed by atoms with E-state index < -0.39 is 0 Å². The van der Waals surface area contributed by atoms with Gasteiger partial charge in [-0.25, -0.2) is 0 Å². The molecule has 2 rings (SSSR count). The molecule has 0 amide bonds. The number of pyridine rings is 1. The van der Waals surface area contributed by atoms with Crippen LogP contribution in [0.5, 0.6) is 5.75 Å². The maximum atomic E-state index is 9.09. The Morgan fingerprint density at radius 3 is 2.76 bits per heavy atom. The zero-order valence-corrected chi connectivity index (χ0v) is 12.3. The summed E-state index contributed by atoms with van der Waals surface area (Å²) in [6, 6.07) is 13.4. The Balaban J connectivity index is 2.18. The molecule has 0 aliphatic carbocycles. The van der Waals surface area contributed by atoms with E-state index in [1.54, 1.807) is 6.07 Å². The zero-order valence-electron chi connectivity index (χ0n) is 12.3. The number of aryl methyl sites for hydroxylation is 1. The predicted molar refractivity (Wildman–Crippen MR) is 81.8 cm³/mol. The van der Waals surface area contributed by atoms with Gasteiger partial charge < -0.3 is 10.5 Å². The quantitative estimate of drug-likeness (QED) is 0.914. The lowest BCUT2D eigenvalue weighted by molar-refractivity contribution is 0.300. The van der Waals surface area contributed by atoms with E-state index in [0.29, 0.717) is 18.6 Å². The zero-order chi connectivity index (χ0) is 15.2. The van der Waals surface area contributed by atoms with E-state index in [1.165, 1.54) is 0 Å². The number of nitrogens with two attached hydrogens (primary N) is 1. The minimum atomic E-state index is 0.0213. The second-order valence-electron chi connectivity index (χ2n) is 5.14. The number of aromatic nitrogens is 1. The summed E-state index contributed by atoms with van der Waals surface area (Å²) in [4.78, 5) is 4.50. The largest absolute Gasteiger partial charge is 0.487 e. The summed E-state index contributed by atoms with van der Waals surface area (Å²) in [6.45, 7) is 4.23. The van der Waals surface area contributed by atoms with Gasteiger partial charge in [-0.15, -0.1) is 0 Å². The molecule has 1 aromatic carbocycles. The summed E-state index contributed by atoms with van der Waals surface area (Å²) in [7, 11) is 0. The lowest BCUT2D eigenvalue weighted by Gasteiger charge is -2.13. The minimum Gasteiger partial charge on any atom is -0.487 e. The van der Waals surface area contributed by atoms with E-state index >= 15 is 0 Å². The highest BCUT2D eigenvalue weighted by atomic mass is 16.5.